The predicted octanol–water partition coefficient (Wildman–Crippen LogP) is 0.703. The number of hydrogen-bond donors (Lipinski definition) is 1. The fourth-order valence-corrected chi connectivity index (χ4v) is 4.51. The highest BCUT2D eigenvalue weighted by atomic mass is 32.2. The molecule has 0 amide bonds. The van der Waals surface area contributed by atoms with Crippen molar-refractivity contribution in [2.24, 2.45) is 0 Å². The fraction of sp³-hybridized carbons (Fsp3) is 0.909. The van der Waals surface area contributed by atoms with Gasteiger partial charge in [-0.1, -0.05) is 6.92 Å². The molecule has 18 heavy (non-hydrogen) atoms. The van der Waals surface area contributed by atoms with E-state index in [1.807, 2.05) is 11.8 Å². The maximum Gasteiger partial charge on any atom is 0.304 e. The molecule has 1 aliphatic heterocycles. The van der Waals surface area contributed by atoms with Gasteiger partial charge < -0.3 is 5.11 Å². The number of carbonyl (C=O) groups is 1. The van der Waals surface area contributed by atoms with Crippen LogP contribution in [0.3, 0.4) is 0 Å². The summed E-state index contributed by atoms with van der Waals surface area (Å²) in [6.07, 6.45) is 0.734. The van der Waals surface area contributed by atoms with E-state index in [1.165, 1.54) is 0 Å². The van der Waals surface area contributed by atoms with E-state index in [9.17, 15) is 13.2 Å². The van der Waals surface area contributed by atoms with Crippen molar-refractivity contribution in [3.05, 3.63) is 0 Å². The lowest BCUT2D eigenvalue weighted by Crippen LogP contribution is -2.45. The van der Waals surface area contributed by atoms with Crippen LogP contribution < -0.4 is 0 Å². The van der Waals surface area contributed by atoms with Crippen molar-refractivity contribution in [2.45, 2.75) is 25.8 Å². The second-order valence-corrected chi connectivity index (χ2v) is 7.97. The summed E-state index contributed by atoms with van der Waals surface area (Å²) in [7, 11) is -2.98. The van der Waals surface area contributed by atoms with Crippen LogP contribution in [0.4, 0.5) is 0 Å². The van der Waals surface area contributed by atoms with Crippen LogP contribution in [0.25, 0.3) is 0 Å². The summed E-state index contributed by atoms with van der Waals surface area (Å²) in [6.45, 7) is 3.09. The third-order valence-electron chi connectivity index (χ3n) is 2.96. The highest BCUT2D eigenvalue weighted by molar-refractivity contribution is 7.99. The van der Waals surface area contributed by atoms with Gasteiger partial charge in [0, 0.05) is 36.4 Å². The molecule has 0 aromatic heterocycles. The Bertz CT molecular complexity index is 369. The van der Waals surface area contributed by atoms with Crippen LogP contribution in [0, 0.1) is 0 Å². The van der Waals surface area contributed by atoms with Gasteiger partial charge in [-0.25, -0.2) is 8.42 Å². The van der Waals surface area contributed by atoms with Gasteiger partial charge in [0.15, 0.2) is 9.84 Å². The average Bonchev–Trinajstić information content (AvgIpc) is 2.27. The zero-order valence-electron chi connectivity index (χ0n) is 10.7. The summed E-state index contributed by atoms with van der Waals surface area (Å²) in [5.41, 5.74) is 0. The fourth-order valence-electron chi connectivity index (χ4n) is 2.04. The molecule has 1 aliphatic rings. The van der Waals surface area contributed by atoms with E-state index in [1.54, 1.807) is 11.8 Å². The van der Waals surface area contributed by atoms with E-state index in [-0.39, 0.29) is 24.0 Å². The Hall–Kier alpha value is -0.270. The van der Waals surface area contributed by atoms with E-state index < -0.39 is 15.8 Å². The highest BCUT2D eigenvalue weighted by Crippen LogP contribution is 2.18. The van der Waals surface area contributed by atoms with Crippen LogP contribution in [0.2, 0.25) is 0 Å². The molecule has 1 saturated heterocycles. The zero-order valence-corrected chi connectivity index (χ0v) is 12.3. The lowest BCUT2D eigenvalue weighted by atomic mass is 10.2. The first kappa shape index (κ1) is 15.8. The number of carboxylic acid groups (broad SMARTS) is 1. The minimum absolute atomic E-state index is 0.0296. The summed E-state index contributed by atoms with van der Waals surface area (Å²) in [5, 5.41) is 8.84. The van der Waals surface area contributed by atoms with Crippen LogP contribution >= 0.6 is 11.8 Å². The second-order valence-electron chi connectivity index (χ2n) is 4.51. The van der Waals surface area contributed by atoms with Gasteiger partial charge in [0.1, 0.15) is 0 Å². The molecule has 1 atom stereocenters. The largest absolute Gasteiger partial charge is 0.481 e. The number of hydrogen-bond acceptors (Lipinski definition) is 5. The molecule has 1 fully saturated rings. The van der Waals surface area contributed by atoms with E-state index in [0.29, 0.717) is 13.0 Å². The minimum Gasteiger partial charge on any atom is -0.481 e. The van der Waals surface area contributed by atoms with E-state index in [4.69, 9.17) is 5.11 Å². The van der Waals surface area contributed by atoms with Gasteiger partial charge in [-0.15, -0.1) is 0 Å². The quantitative estimate of drug-likeness (QED) is 0.745. The molecule has 0 bridgehead atoms. The van der Waals surface area contributed by atoms with Gasteiger partial charge in [0.25, 0.3) is 0 Å². The average molecular weight is 295 g/mol. The smallest absolute Gasteiger partial charge is 0.304 e. The molecule has 0 radical (unpaired) electrons. The number of aliphatic carboxylic acids is 1. The van der Waals surface area contributed by atoms with Crippen molar-refractivity contribution >= 4 is 27.6 Å². The lowest BCUT2D eigenvalue weighted by Gasteiger charge is -2.34. The molecule has 5 nitrogen and oxygen atoms in total. The number of thioether (sulfide) groups is 1. The Morgan fingerprint density at radius 3 is 2.78 bits per heavy atom. The van der Waals surface area contributed by atoms with Crippen LogP contribution in [0.1, 0.15) is 19.8 Å². The van der Waals surface area contributed by atoms with Gasteiger partial charge in [-0.2, -0.15) is 11.8 Å². The summed E-state index contributed by atoms with van der Waals surface area (Å²) >= 11 is 1.74. The number of rotatable bonds is 7. The third-order valence-corrected chi connectivity index (χ3v) is 5.89. The van der Waals surface area contributed by atoms with Crippen LogP contribution in [0.15, 0.2) is 0 Å². The minimum atomic E-state index is -2.98. The molecule has 0 saturated carbocycles. The summed E-state index contributed by atoms with van der Waals surface area (Å²) in [5.74, 6) is 1.27. The van der Waals surface area contributed by atoms with Crippen molar-refractivity contribution in [3.8, 4) is 0 Å². The van der Waals surface area contributed by atoms with E-state index in [2.05, 4.69) is 0 Å². The van der Waals surface area contributed by atoms with Gasteiger partial charge in [-0.05, 0) is 6.42 Å². The molecular weight excluding hydrogens is 274 g/mol. The first-order valence-electron chi connectivity index (χ1n) is 6.18. The molecule has 7 heteroatoms. The number of carboxylic acids is 1. The standard InChI is InChI=1S/C11H21NO4S2/c1-2-6-18(15,16)7-4-12-3-5-17-9-10(12)8-11(13)14/h10H,2-9H2,1H3,(H,13,14). The van der Waals surface area contributed by atoms with Gasteiger partial charge >= 0.3 is 5.97 Å². The monoisotopic (exact) mass is 295 g/mol. The number of nitrogens with zero attached hydrogens (tertiary/aromatic N) is 1. The Morgan fingerprint density at radius 1 is 1.44 bits per heavy atom. The predicted molar refractivity (Wildman–Crippen MR) is 73.9 cm³/mol. The highest BCUT2D eigenvalue weighted by Gasteiger charge is 2.25. The Morgan fingerprint density at radius 2 is 2.17 bits per heavy atom. The van der Waals surface area contributed by atoms with Gasteiger partial charge in [-0.3, -0.25) is 9.69 Å². The molecular formula is C11H21NO4S2. The first-order chi connectivity index (χ1) is 8.44. The third kappa shape index (κ3) is 5.58. The zero-order chi connectivity index (χ0) is 13.6. The summed E-state index contributed by atoms with van der Waals surface area (Å²) in [4.78, 5) is 12.8. The first-order valence-corrected chi connectivity index (χ1v) is 9.16. The maximum absolute atomic E-state index is 11.7. The van der Waals surface area contributed by atoms with Crippen LogP contribution in [-0.4, -0.2) is 66.5 Å². The van der Waals surface area contributed by atoms with Gasteiger partial charge in [0.05, 0.1) is 12.2 Å². The molecule has 0 aromatic rings. The molecule has 1 unspecified atom stereocenters. The van der Waals surface area contributed by atoms with E-state index >= 15 is 0 Å². The lowest BCUT2D eigenvalue weighted by molar-refractivity contribution is -0.138. The van der Waals surface area contributed by atoms with Crippen LogP contribution in [-0.2, 0) is 14.6 Å². The topological polar surface area (TPSA) is 74.7 Å². The Balaban J connectivity index is 2.49. The Labute approximate surface area is 113 Å². The molecule has 0 aromatic carbocycles. The van der Waals surface area contributed by atoms with Crippen LogP contribution in [0.5, 0.6) is 0 Å². The van der Waals surface area contributed by atoms with Crippen molar-refractivity contribution in [1.82, 2.24) is 4.90 Å². The molecule has 106 valence electrons. The maximum atomic E-state index is 11.7. The number of sulfone groups is 1. The molecule has 1 heterocycles. The van der Waals surface area contributed by atoms with E-state index in [0.717, 1.165) is 18.1 Å². The molecule has 1 rings (SSSR count). The molecule has 1 N–H and O–H groups in total. The Kier molecular flexibility index (Phi) is 6.45. The van der Waals surface area contributed by atoms with Crippen molar-refractivity contribution in [2.75, 3.05) is 36.1 Å². The summed E-state index contributed by atoms with van der Waals surface area (Å²) in [6, 6.07) is -0.0296. The summed E-state index contributed by atoms with van der Waals surface area (Å²) < 4.78 is 23.3. The SMILES string of the molecule is CCCS(=O)(=O)CCN1CCSCC1CC(=O)O. The molecule has 0 spiro atoms. The normalized spacial score (nSPS) is 21.9. The van der Waals surface area contributed by atoms with Crippen molar-refractivity contribution < 1.29 is 18.3 Å². The van der Waals surface area contributed by atoms with Gasteiger partial charge in [0.2, 0.25) is 0 Å². The second kappa shape index (κ2) is 7.35. The van der Waals surface area contributed by atoms with Crippen molar-refractivity contribution in [1.29, 1.82) is 0 Å². The molecule has 0 aliphatic carbocycles. The van der Waals surface area contributed by atoms with Crippen molar-refractivity contribution in [3.63, 3.8) is 0 Å².